The average Bonchev–Trinajstić information content (AvgIpc) is 2.74. The summed E-state index contributed by atoms with van der Waals surface area (Å²) in [7, 11) is 0. The summed E-state index contributed by atoms with van der Waals surface area (Å²) in [6, 6.07) is 4.01. The first-order valence-electron chi connectivity index (χ1n) is 3.66. The van der Waals surface area contributed by atoms with Crippen molar-refractivity contribution in [3.8, 4) is 0 Å². The van der Waals surface area contributed by atoms with Crippen LogP contribution in [0.1, 0.15) is 11.3 Å². The number of hydrogen-bond donors (Lipinski definition) is 1. The summed E-state index contributed by atoms with van der Waals surface area (Å²) in [6.45, 7) is 0. The number of H-pyrrole nitrogens is 1. The highest BCUT2D eigenvalue weighted by Gasteiger charge is 1.87. The highest BCUT2D eigenvalue weighted by Crippen LogP contribution is 2.06. The van der Waals surface area contributed by atoms with Crippen molar-refractivity contribution in [2.75, 3.05) is 0 Å². The highest BCUT2D eigenvalue weighted by atomic mass is 32.1. The van der Waals surface area contributed by atoms with Crippen LogP contribution in [0, 0.1) is 0 Å². The van der Waals surface area contributed by atoms with Gasteiger partial charge in [-0.1, -0.05) is 6.08 Å². The van der Waals surface area contributed by atoms with Crippen molar-refractivity contribution in [1.29, 1.82) is 0 Å². The number of nitrogens with one attached hydrogen (secondary N) is 1. The Morgan fingerprint density at radius 3 is 3.00 bits per heavy atom. The van der Waals surface area contributed by atoms with Gasteiger partial charge in [-0.3, -0.25) is 0 Å². The molecule has 1 N–H and O–H groups in total. The molecule has 3 heteroatoms. The van der Waals surface area contributed by atoms with E-state index < -0.39 is 0 Å². The van der Waals surface area contributed by atoms with E-state index >= 15 is 0 Å². The fraction of sp³-hybridized carbons (Fsp3) is 0. The van der Waals surface area contributed by atoms with Crippen molar-refractivity contribution < 1.29 is 0 Å². The van der Waals surface area contributed by atoms with Crippen LogP contribution in [0.5, 0.6) is 0 Å². The zero-order valence-electron chi connectivity index (χ0n) is 6.40. The lowest BCUT2D eigenvalue weighted by Gasteiger charge is -1.81. The Labute approximate surface area is 74.7 Å². The van der Waals surface area contributed by atoms with Gasteiger partial charge in [0.25, 0.3) is 0 Å². The Morgan fingerprint density at radius 1 is 1.33 bits per heavy atom. The van der Waals surface area contributed by atoms with Gasteiger partial charge >= 0.3 is 0 Å². The second-order valence-corrected chi connectivity index (χ2v) is 3.07. The van der Waals surface area contributed by atoms with Crippen LogP contribution < -0.4 is 0 Å². The minimum atomic E-state index is 1.02. The quantitative estimate of drug-likeness (QED) is 0.748. The first-order valence-corrected chi connectivity index (χ1v) is 4.50. The standard InChI is InChI=1S/C9H8N2S/c1(8-3-5-10-7-8)2-9-4-6-12-11-9/h1-7,10H. The highest BCUT2D eigenvalue weighted by molar-refractivity contribution is 7.03. The maximum Gasteiger partial charge on any atom is 0.0768 e. The summed E-state index contributed by atoms with van der Waals surface area (Å²) in [5, 5.41) is 1.97. The SMILES string of the molecule is C(=Cc1ccsn1)c1cc[nH]c1. The fourth-order valence-corrected chi connectivity index (χ4v) is 1.43. The van der Waals surface area contributed by atoms with E-state index in [-0.39, 0.29) is 0 Å². The van der Waals surface area contributed by atoms with Crippen LogP contribution in [0.25, 0.3) is 12.2 Å². The topological polar surface area (TPSA) is 28.7 Å². The molecular formula is C9H8N2S. The third kappa shape index (κ3) is 1.62. The van der Waals surface area contributed by atoms with Crippen LogP contribution in [0.3, 0.4) is 0 Å². The molecule has 0 atom stereocenters. The largest absolute Gasteiger partial charge is 0.367 e. The summed E-state index contributed by atoms with van der Waals surface area (Å²) >= 11 is 1.47. The molecule has 2 rings (SSSR count). The third-order valence-corrected chi connectivity index (χ3v) is 2.10. The zero-order valence-corrected chi connectivity index (χ0v) is 7.21. The molecule has 0 aromatic carbocycles. The van der Waals surface area contributed by atoms with E-state index in [0.29, 0.717) is 0 Å². The van der Waals surface area contributed by atoms with Gasteiger partial charge in [0.15, 0.2) is 0 Å². The van der Waals surface area contributed by atoms with Crippen LogP contribution in [-0.4, -0.2) is 9.36 Å². The van der Waals surface area contributed by atoms with Crippen molar-refractivity contribution in [2.45, 2.75) is 0 Å². The molecule has 60 valence electrons. The number of nitrogens with zero attached hydrogens (tertiary/aromatic N) is 1. The first-order chi connectivity index (χ1) is 5.95. The van der Waals surface area contributed by atoms with E-state index in [1.165, 1.54) is 17.1 Å². The molecule has 0 fully saturated rings. The van der Waals surface area contributed by atoms with Crippen LogP contribution in [0.2, 0.25) is 0 Å². The molecule has 0 saturated heterocycles. The predicted octanol–water partition coefficient (Wildman–Crippen LogP) is 2.64. The van der Waals surface area contributed by atoms with Crippen molar-refractivity contribution >= 4 is 23.7 Å². The molecule has 2 nitrogen and oxygen atoms in total. The smallest absolute Gasteiger partial charge is 0.0768 e. The van der Waals surface area contributed by atoms with E-state index in [9.17, 15) is 0 Å². The summed E-state index contributed by atoms with van der Waals surface area (Å²) in [5.74, 6) is 0. The number of hydrogen-bond acceptors (Lipinski definition) is 2. The predicted molar refractivity (Wildman–Crippen MR) is 51.8 cm³/mol. The van der Waals surface area contributed by atoms with E-state index in [2.05, 4.69) is 9.36 Å². The van der Waals surface area contributed by atoms with Crippen LogP contribution >= 0.6 is 11.5 Å². The van der Waals surface area contributed by atoms with Crippen molar-refractivity contribution in [3.05, 3.63) is 41.2 Å². The van der Waals surface area contributed by atoms with Crippen LogP contribution in [-0.2, 0) is 0 Å². The molecule has 2 heterocycles. The molecule has 0 radical (unpaired) electrons. The molecule has 0 amide bonds. The van der Waals surface area contributed by atoms with E-state index in [0.717, 1.165) is 5.69 Å². The molecule has 0 bridgehead atoms. The maximum absolute atomic E-state index is 4.16. The molecule has 0 spiro atoms. The molecule has 12 heavy (non-hydrogen) atoms. The monoisotopic (exact) mass is 176 g/mol. The second kappa shape index (κ2) is 3.36. The molecule has 0 aliphatic carbocycles. The molecule has 0 aliphatic rings. The normalized spacial score (nSPS) is 11.0. The molecule has 0 unspecified atom stereocenters. The molecule has 0 aliphatic heterocycles. The Kier molecular flexibility index (Phi) is 2.05. The molecule has 0 saturated carbocycles. The fourth-order valence-electron chi connectivity index (χ4n) is 0.930. The Balaban J connectivity index is 2.14. The van der Waals surface area contributed by atoms with Gasteiger partial charge in [0.1, 0.15) is 0 Å². The van der Waals surface area contributed by atoms with Gasteiger partial charge in [-0.15, -0.1) is 0 Å². The van der Waals surface area contributed by atoms with Crippen LogP contribution in [0.4, 0.5) is 0 Å². The van der Waals surface area contributed by atoms with Crippen molar-refractivity contribution in [2.24, 2.45) is 0 Å². The minimum absolute atomic E-state index is 1.02. The summed E-state index contributed by atoms with van der Waals surface area (Å²) in [5.41, 5.74) is 2.18. The third-order valence-electron chi connectivity index (χ3n) is 1.53. The molecule has 2 aromatic rings. The lowest BCUT2D eigenvalue weighted by atomic mass is 10.3. The van der Waals surface area contributed by atoms with Gasteiger partial charge in [0, 0.05) is 17.8 Å². The second-order valence-electron chi connectivity index (χ2n) is 2.40. The van der Waals surface area contributed by atoms with Gasteiger partial charge in [-0.25, -0.2) is 0 Å². The first kappa shape index (κ1) is 7.31. The van der Waals surface area contributed by atoms with Gasteiger partial charge < -0.3 is 4.98 Å². The Bertz CT molecular complexity index is 310. The van der Waals surface area contributed by atoms with Gasteiger partial charge in [-0.2, -0.15) is 4.37 Å². The lowest BCUT2D eigenvalue weighted by Crippen LogP contribution is -1.65. The Hall–Kier alpha value is -1.35. The van der Waals surface area contributed by atoms with Gasteiger partial charge in [0.2, 0.25) is 0 Å². The van der Waals surface area contributed by atoms with E-state index in [4.69, 9.17) is 0 Å². The molecule has 2 aromatic heterocycles. The summed E-state index contributed by atoms with van der Waals surface area (Å²) in [6.07, 6.45) is 7.88. The minimum Gasteiger partial charge on any atom is -0.367 e. The summed E-state index contributed by atoms with van der Waals surface area (Å²) in [4.78, 5) is 2.99. The number of rotatable bonds is 2. The van der Waals surface area contributed by atoms with Gasteiger partial charge in [-0.05, 0) is 35.3 Å². The van der Waals surface area contributed by atoms with Gasteiger partial charge in [0.05, 0.1) is 5.69 Å². The lowest BCUT2D eigenvalue weighted by molar-refractivity contribution is 1.41. The summed E-state index contributed by atoms with van der Waals surface area (Å²) < 4.78 is 4.16. The maximum atomic E-state index is 4.16. The molecular weight excluding hydrogens is 168 g/mol. The van der Waals surface area contributed by atoms with E-state index in [1.807, 2.05) is 42.1 Å². The van der Waals surface area contributed by atoms with E-state index in [1.54, 1.807) is 0 Å². The number of aromatic amines is 1. The Morgan fingerprint density at radius 2 is 2.33 bits per heavy atom. The van der Waals surface area contributed by atoms with Crippen LogP contribution in [0.15, 0.2) is 29.9 Å². The average molecular weight is 176 g/mol. The van der Waals surface area contributed by atoms with Crippen molar-refractivity contribution in [3.63, 3.8) is 0 Å². The number of aromatic nitrogens is 2. The van der Waals surface area contributed by atoms with Crippen molar-refractivity contribution in [1.82, 2.24) is 9.36 Å². The zero-order chi connectivity index (χ0) is 8.23.